The molecule has 1 amide bonds. The van der Waals surface area contributed by atoms with Gasteiger partial charge in [-0.25, -0.2) is 0 Å². The summed E-state index contributed by atoms with van der Waals surface area (Å²) in [6.07, 6.45) is 3.87. The third kappa shape index (κ3) is 3.35. The van der Waals surface area contributed by atoms with E-state index in [1.165, 1.54) is 0 Å². The normalized spacial score (nSPS) is 20.8. The Morgan fingerprint density at radius 3 is 3.14 bits per heavy atom. The van der Waals surface area contributed by atoms with E-state index in [0.29, 0.717) is 0 Å². The minimum Gasteiger partial charge on any atom is -0.344 e. The maximum Gasteiger partial charge on any atom is 0.240 e. The molecule has 0 spiro atoms. The molecular weight excluding hydrogens is 196 g/mol. The number of amides is 1. The summed E-state index contributed by atoms with van der Waals surface area (Å²) >= 11 is 1.78. The first-order valence-corrected chi connectivity index (χ1v) is 6.08. The number of unbranched alkanes of at least 4 members (excludes halogenated alkanes) is 1. The molecular formula is C10H18N2OS. The molecule has 0 aromatic heterocycles. The van der Waals surface area contributed by atoms with Crippen molar-refractivity contribution in [3.8, 4) is 0 Å². The molecule has 1 aliphatic heterocycles. The highest BCUT2D eigenvalue weighted by Gasteiger charge is 2.24. The summed E-state index contributed by atoms with van der Waals surface area (Å²) in [7, 11) is 1.87. The zero-order chi connectivity index (χ0) is 10.4. The number of thioether (sulfide) groups is 1. The second-order valence-corrected chi connectivity index (χ2v) is 4.49. The van der Waals surface area contributed by atoms with Gasteiger partial charge < -0.3 is 4.90 Å². The van der Waals surface area contributed by atoms with Crippen LogP contribution in [0.5, 0.6) is 0 Å². The number of likely N-dealkylation sites (N-methyl/N-ethyl adjacent to an activating group) is 1. The topological polar surface area (TPSA) is 32.3 Å². The number of nitrogens with one attached hydrogen (secondary N) is 1. The van der Waals surface area contributed by atoms with Crippen molar-refractivity contribution < 1.29 is 4.79 Å². The van der Waals surface area contributed by atoms with Gasteiger partial charge in [-0.05, 0) is 12.8 Å². The van der Waals surface area contributed by atoms with Crippen molar-refractivity contribution >= 4 is 17.7 Å². The van der Waals surface area contributed by atoms with E-state index in [9.17, 15) is 4.79 Å². The first-order chi connectivity index (χ1) is 6.75. The van der Waals surface area contributed by atoms with Gasteiger partial charge in [0.15, 0.2) is 0 Å². The van der Waals surface area contributed by atoms with Crippen LogP contribution < -0.4 is 5.32 Å². The Kier molecular flexibility index (Phi) is 5.04. The molecule has 1 saturated heterocycles. The SMILES string of the molecule is C=CCCCN(C)C(=O)C1CSCN1. The number of hydrogen-bond donors (Lipinski definition) is 1. The van der Waals surface area contributed by atoms with Crippen LogP contribution in [0.15, 0.2) is 12.7 Å². The van der Waals surface area contributed by atoms with Crippen LogP contribution in [0.1, 0.15) is 12.8 Å². The monoisotopic (exact) mass is 214 g/mol. The molecule has 4 heteroatoms. The van der Waals surface area contributed by atoms with Crippen LogP contribution in [0.3, 0.4) is 0 Å². The second kappa shape index (κ2) is 6.09. The molecule has 14 heavy (non-hydrogen) atoms. The van der Waals surface area contributed by atoms with E-state index in [1.54, 1.807) is 11.8 Å². The Balaban J connectivity index is 2.24. The lowest BCUT2D eigenvalue weighted by atomic mass is 10.2. The highest BCUT2D eigenvalue weighted by Crippen LogP contribution is 2.11. The van der Waals surface area contributed by atoms with Gasteiger partial charge in [0, 0.05) is 25.2 Å². The number of rotatable bonds is 5. The molecule has 0 radical (unpaired) electrons. The van der Waals surface area contributed by atoms with Crippen molar-refractivity contribution in [3.05, 3.63) is 12.7 Å². The van der Waals surface area contributed by atoms with E-state index in [2.05, 4.69) is 11.9 Å². The predicted molar refractivity (Wildman–Crippen MR) is 61.3 cm³/mol. The summed E-state index contributed by atoms with van der Waals surface area (Å²) < 4.78 is 0. The first-order valence-electron chi connectivity index (χ1n) is 4.92. The van der Waals surface area contributed by atoms with Crippen LogP contribution in [0, 0.1) is 0 Å². The number of nitrogens with zero attached hydrogens (tertiary/aromatic N) is 1. The average Bonchev–Trinajstić information content (AvgIpc) is 2.69. The lowest BCUT2D eigenvalue weighted by molar-refractivity contribution is -0.131. The van der Waals surface area contributed by atoms with Crippen molar-refractivity contribution in [1.82, 2.24) is 10.2 Å². The van der Waals surface area contributed by atoms with Crippen LogP contribution in [0.4, 0.5) is 0 Å². The summed E-state index contributed by atoms with van der Waals surface area (Å²) in [6.45, 7) is 4.49. The summed E-state index contributed by atoms with van der Waals surface area (Å²) in [5.74, 6) is 2.03. The number of allylic oxidation sites excluding steroid dienone is 1. The van der Waals surface area contributed by atoms with E-state index < -0.39 is 0 Å². The Labute approximate surface area is 89.9 Å². The molecule has 1 fully saturated rings. The molecule has 1 rings (SSSR count). The Hall–Kier alpha value is -0.480. The van der Waals surface area contributed by atoms with Crippen molar-refractivity contribution in [3.63, 3.8) is 0 Å². The van der Waals surface area contributed by atoms with Gasteiger partial charge >= 0.3 is 0 Å². The van der Waals surface area contributed by atoms with Gasteiger partial charge in [0.2, 0.25) is 5.91 Å². The van der Waals surface area contributed by atoms with Crippen molar-refractivity contribution in [1.29, 1.82) is 0 Å². The minimum atomic E-state index is 0.0359. The van der Waals surface area contributed by atoms with Gasteiger partial charge in [-0.15, -0.1) is 18.3 Å². The fourth-order valence-corrected chi connectivity index (χ4v) is 2.34. The number of carbonyl (C=O) groups excluding carboxylic acids is 1. The maximum atomic E-state index is 11.8. The molecule has 0 bridgehead atoms. The van der Waals surface area contributed by atoms with Gasteiger partial charge in [0.05, 0.1) is 6.04 Å². The Morgan fingerprint density at radius 2 is 2.57 bits per heavy atom. The van der Waals surface area contributed by atoms with Crippen LogP contribution in [-0.2, 0) is 4.79 Å². The quantitative estimate of drug-likeness (QED) is 0.549. The van der Waals surface area contributed by atoms with E-state index in [-0.39, 0.29) is 11.9 Å². The van der Waals surface area contributed by atoms with Crippen LogP contribution in [0.2, 0.25) is 0 Å². The van der Waals surface area contributed by atoms with E-state index in [1.807, 2.05) is 18.0 Å². The van der Waals surface area contributed by atoms with Crippen LogP contribution in [0.25, 0.3) is 0 Å². The van der Waals surface area contributed by atoms with Crippen LogP contribution >= 0.6 is 11.8 Å². The van der Waals surface area contributed by atoms with E-state index in [4.69, 9.17) is 0 Å². The summed E-state index contributed by atoms with van der Waals surface area (Å²) in [5.41, 5.74) is 0. The Morgan fingerprint density at radius 1 is 1.79 bits per heavy atom. The van der Waals surface area contributed by atoms with Gasteiger partial charge in [-0.3, -0.25) is 10.1 Å². The largest absolute Gasteiger partial charge is 0.344 e. The molecule has 80 valence electrons. The molecule has 0 aromatic carbocycles. The highest BCUT2D eigenvalue weighted by molar-refractivity contribution is 7.99. The molecule has 0 aliphatic carbocycles. The third-order valence-corrected chi connectivity index (χ3v) is 3.23. The summed E-state index contributed by atoms with van der Waals surface area (Å²) in [5, 5.41) is 3.18. The Bertz CT molecular complexity index is 202. The standard InChI is InChI=1S/C10H18N2OS/c1-3-4-5-6-12(2)10(13)9-7-14-8-11-9/h3,9,11H,1,4-8H2,2H3. The molecule has 0 saturated carbocycles. The molecule has 0 aromatic rings. The van der Waals surface area contributed by atoms with Crippen LogP contribution in [-0.4, -0.2) is 42.1 Å². The lowest BCUT2D eigenvalue weighted by Gasteiger charge is -2.20. The van der Waals surface area contributed by atoms with Crippen molar-refractivity contribution in [2.45, 2.75) is 18.9 Å². The summed E-state index contributed by atoms with van der Waals surface area (Å²) in [4.78, 5) is 13.6. The molecule has 1 atom stereocenters. The zero-order valence-corrected chi connectivity index (χ0v) is 9.48. The van der Waals surface area contributed by atoms with E-state index >= 15 is 0 Å². The van der Waals surface area contributed by atoms with Crippen molar-refractivity contribution in [2.75, 3.05) is 25.2 Å². The zero-order valence-electron chi connectivity index (χ0n) is 8.66. The van der Waals surface area contributed by atoms with Crippen molar-refractivity contribution in [2.24, 2.45) is 0 Å². The van der Waals surface area contributed by atoms with Gasteiger partial charge in [0.1, 0.15) is 0 Å². The fraction of sp³-hybridized carbons (Fsp3) is 0.700. The lowest BCUT2D eigenvalue weighted by Crippen LogP contribution is -2.43. The fourth-order valence-electron chi connectivity index (χ4n) is 1.40. The maximum absolute atomic E-state index is 11.8. The summed E-state index contributed by atoms with van der Waals surface area (Å²) in [6, 6.07) is 0.0359. The van der Waals surface area contributed by atoms with Gasteiger partial charge in [0.25, 0.3) is 0 Å². The number of hydrogen-bond acceptors (Lipinski definition) is 3. The first kappa shape index (κ1) is 11.6. The smallest absolute Gasteiger partial charge is 0.240 e. The molecule has 1 aliphatic rings. The molecule has 3 nitrogen and oxygen atoms in total. The minimum absolute atomic E-state index is 0.0359. The molecule has 1 N–H and O–H groups in total. The predicted octanol–water partition coefficient (Wildman–Crippen LogP) is 1.07. The second-order valence-electron chi connectivity index (χ2n) is 3.46. The number of carbonyl (C=O) groups is 1. The van der Waals surface area contributed by atoms with E-state index in [0.717, 1.165) is 31.0 Å². The van der Waals surface area contributed by atoms with Gasteiger partial charge in [-0.1, -0.05) is 6.08 Å². The van der Waals surface area contributed by atoms with Gasteiger partial charge in [-0.2, -0.15) is 0 Å². The average molecular weight is 214 g/mol. The molecule has 1 unspecified atom stereocenters. The molecule has 1 heterocycles. The third-order valence-electron chi connectivity index (χ3n) is 2.29. The highest BCUT2D eigenvalue weighted by atomic mass is 32.2.